The van der Waals surface area contributed by atoms with Gasteiger partial charge in [-0.25, -0.2) is 9.59 Å². The van der Waals surface area contributed by atoms with Gasteiger partial charge in [0.25, 0.3) is 0 Å². The van der Waals surface area contributed by atoms with Crippen LogP contribution in [0.15, 0.2) is 23.8 Å². The molecule has 0 aliphatic rings. The molecule has 0 aliphatic heterocycles. The number of ether oxygens (including phenoxy) is 1. The number of carboxylic acid groups (broad SMARTS) is 1. The van der Waals surface area contributed by atoms with Crippen molar-refractivity contribution in [2.75, 3.05) is 6.61 Å². The van der Waals surface area contributed by atoms with Crippen molar-refractivity contribution in [1.82, 2.24) is 0 Å². The Morgan fingerprint density at radius 3 is 0.875 bits per heavy atom. The van der Waals surface area contributed by atoms with E-state index in [1.54, 1.807) is 13.8 Å². The second-order valence-electron chi connectivity index (χ2n) is 17.3. The highest BCUT2D eigenvalue weighted by atomic mass is 16.5. The van der Waals surface area contributed by atoms with Crippen molar-refractivity contribution >= 4 is 11.9 Å². The van der Waals surface area contributed by atoms with E-state index in [9.17, 15) is 9.59 Å². The Kier molecular flexibility index (Phi) is 50.0. The molecule has 0 atom stereocenters. The molecule has 0 saturated heterocycles. The Balaban J connectivity index is 0. The van der Waals surface area contributed by atoms with Gasteiger partial charge >= 0.3 is 11.9 Å². The average molecular weight is 789 g/mol. The van der Waals surface area contributed by atoms with Crippen molar-refractivity contribution in [3.63, 3.8) is 0 Å². The second kappa shape index (κ2) is 49.6. The Labute approximate surface area is 351 Å². The van der Waals surface area contributed by atoms with Gasteiger partial charge in [0.1, 0.15) is 0 Å². The lowest BCUT2D eigenvalue weighted by Crippen LogP contribution is -2.05. The molecule has 0 amide bonds. The molecule has 332 valence electrons. The van der Waals surface area contributed by atoms with Crippen LogP contribution in [0.25, 0.3) is 0 Å². The zero-order valence-electron chi connectivity index (χ0n) is 38.7. The Morgan fingerprint density at radius 1 is 0.411 bits per heavy atom. The minimum atomic E-state index is -0.784. The number of unbranched alkanes of at least 4 members (excludes halogenated alkanes) is 39. The van der Waals surface area contributed by atoms with E-state index in [1.807, 2.05) is 6.08 Å². The van der Waals surface area contributed by atoms with Crippen molar-refractivity contribution in [3.8, 4) is 0 Å². The highest BCUT2D eigenvalue weighted by Crippen LogP contribution is 2.17. The first-order valence-electron chi connectivity index (χ1n) is 25.1. The average Bonchev–Trinajstić information content (AvgIpc) is 3.19. The van der Waals surface area contributed by atoms with E-state index >= 15 is 0 Å². The number of carbonyl (C=O) groups is 2. The third-order valence-corrected chi connectivity index (χ3v) is 11.4. The lowest BCUT2D eigenvalue weighted by Gasteiger charge is -2.05. The molecule has 0 aromatic heterocycles. The fourth-order valence-corrected chi connectivity index (χ4v) is 7.45. The van der Waals surface area contributed by atoms with Crippen LogP contribution < -0.4 is 0 Å². The molecule has 56 heavy (non-hydrogen) atoms. The predicted octanol–water partition coefficient (Wildman–Crippen LogP) is 18.2. The number of esters is 1. The molecule has 0 radical (unpaired) electrons. The molecular formula is C52H100O4. The van der Waals surface area contributed by atoms with Crippen molar-refractivity contribution in [2.24, 2.45) is 0 Å². The number of rotatable bonds is 44. The Hall–Kier alpha value is -1.58. The fourth-order valence-electron chi connectivity index (χ4n) is 7.45. The predicted molar refractivity (Wildman–Crippen MR) is 248 cm³/mol. The smallest absolute Gasteiger partial charge is 0.333 e. The van der Waals surface area contributed by atoms with Crippen LogP contribution in [-0.2, 0) is 14.3 Å². The maximum atomic E-state index is 11.2. The molecule has 0 aromatic rings. The molecule has 0 bridgehead atoms. The Bertz CT molecular complexity index is 846. The third kappa shape index (κ3) is 50.4. The highest BCUT2D eigenvalue weighted by molar-refractivity contribution is 5.87. The summed E-state index contributed by atoms with van der Waals surface area (Å²) in [7, 11) is 0. The molecule has 0 fully saturated rings. The zero-order chi connectivity index (χ0) is 41.4. The maximum absolute atomic E-state index is 11.2. The quantitative estimate of drug-likeness (QED) is 0.0379. The van der Waals surface area contributed by atoms with Crippen molar-refractivity contribution in [3.05, 3.63) is 23.8 Å². The number of carbonyl (C=O) groups excluding carboxylic acids is 1. The van der Waals surface area contributed by atoms with Crippen LogP contribution in [0.5, 0.6) is 0 Å². The molecular weight excluding hydrogens is 689 g/mol. The van der Waals surface area contributed by atoms with Crippen LogP contribution in [-0.4, -0.2) is 23.7 Å². The molecule has 0 saturated carbocycles. The second-order valence-corrected chi connectivity index (χ2v) is 17.3. The number of allylic oxidation sites excluding steroid dienone is 1. The Morgan fingerprint density at radius 2 is 0.643 bits per heavy atom. The van der Waals surface area contributed by atoms with Gasteiger partial charge in [-0.1, -0.05) is 270 Å². The zero-order valence-corrected chi connectivity index (χ0v) is 38.7. The minimum absolute atomic E-state index is 0.252. The molecule has 4 heteroatoms. The number of carboxylic acids is 1. The van der Waals surface area contributed by atoms with Crippen LogP contribution in [0, 0.1) is 0 Å². The highest BCUT2D eigenvalue weighted by Gasteiger charge is 2.02. The third-order valence-electron chi connectivity index (χ3n) is 11.4. The molecule has 4 nitrogen and oxygen atoms in total. The molecule has 0 rings (SSSR count). The lowest BCUT2D eigenvalue weighted by molar-refractivity contribution is -0.139. The summed E-state index contributed by atoms with van der Waals surface area (Å²) >= 11 is 0. The standard InChI is InChI=1S/2C26H50O2/c1-4-5-6-7-8-9-10-11-12-13-14-15-16-17-18-19-20-21-22-23-24-28-26(27)25(2)3;1-3-4-5-6-7-8-9-10-11-12-13-14-15-16-17-18-19-20-21-22-23-24-25(2)26(27)28/h2,4-24H2,1,3H3;24H,3-23H2,1-2H3,(H,27,28). The summed E-state index contributed by atoms with van der Waals surface area (Å²) in [5, 5.41) is 8.78. The van der Waals surface area contributed by atoms with E-state index in [0.29, 0.717) is 17.8 Å². The van der Waals surface area contributed by atoms with Gasteiger partial charge < -0.3 is 9.84 Å². The summed E-state index contributed by atoms with van der Waals surface area (Å²) in [6.45, 7) is 12.1. The first-order valence-corrected chi connectivity index (χ1v) is 25.1. The van der Waals surface area contributed by atoms with Crippen molar-refractivity contribution < 1.29 is 19.4 Å². The van der Waals surface area contributed by atoms with Crippen LogP contribution in [0.3, 0.4) is 0 Å². The maximum Gasteiger partial charge on any atom is 0.333 e. The molecule has 1 N–H and O–H groups in total. The summed E-state index contributed by atoms with van der Waals surface area (Å²) in [6.07, 6.45) is 58.4. The van der Waals surface area contributed by atoms with Crippen molar-refractivity contribution in [2.45, 2.75) is 291 Å². The van der Waals surface area contributed by atoms with Gasteiger partial charge in [-0.05, 0) is 33.1 Å². The topological polar surface area (TPSA) is 63.6 Å². The summed E-state index contributed by atoms with van der Waals surface area (Å²) in [4.78, 5) is 21.9. The molecule has 0 heterocycles. The summed E-state index contributed by atoms with van der Waals surface area (Å²) < 4.78 is 5.10. The SMILES string of the molecule is C=C(C)C(=O)OCCCCCCCCCCCCCCCCCCCCCC.CCCCCCCCCCCCCCCCCCCCCCC=C(C)C(=O)O. The van der Waals surface area contributed by atoms with E-state index in [-0.39, 0.29) is 5.97 Å². The van der Waals surface area contributed by atoms with Crippen LogP contribution in [0.1, 0.15) is 291 Å². The van der Waals surface area contributed by atoms with Crippen LogP contribution >= 0.6 is 0 Å². The molecule has 0 spiro atoms. The van der Waals surface area contributed by atoms with Gasteiger partial charge in [-0.2, -0.15) is 0 Å². The lowest BCUT2D eigenvalue weighted by atomic mass is 10.0. The molecule has 0 unspecified atom stereocenters. The molecule has 0 aliphatic carbocycles. The fraction of sp³-hybridized carbons (Fsp3) is 0.885. The van der Waals surface area contributed by atoms with E-state index in [1.165, 1.54) is 244 Å². The van der Waals surface area contributed by atoms with E-state index in [4.69, 9.17) is 9.84 Å². The number of hydrogen-bond donors (Lipinski definition) is 1. The summed E-state index contributed by atoms with van der Waals surface area (Å²) in [5.74, 6) is -1.04. The largest absolute Gasteiger partial charge is 0.478 e. The van der Waals surface area contributed by atoms with Gasteiger partial charge in [0.2, 0.25) is 0 Å². The number of aliphatic carboxylic acids is 1. The normalized spacial score (nSPS) is 11.4. The minimum Gasteiger partial charge on any atom is -0.478 e. The first-order chi connectivity index (χ1) is 27.4. The van der Waals surface area contributed by atoms with Gasteiger partial charge in [-0.15, -0.1) is 0 Å². The van der Waals surface area contributed by atoms with Gasteiger partial charge in [0.05, 0.1) is 6.61 Å². The van der Waals surface area contributed by atoms with E-state index in [0.717, 1.165) is 19.3 Å². The first kappa shape index (κ1) is 56.5. The summed E-state index contributed by atoms with van der Waals surface area (Å²) in [6, 6.07) is 0. The van der Waals surface area contributed by atoms with Crippen LogP contribution in [0.4, 0.5) is 0 Å². The van der Waals surface area contributed by atoms with E-state index < -0.39 is 5.97 Å². The van der Waals surface area contributed by atoms with Crippen LogP contribution in [0.2, 0.25) is 0 Å². The monoisotopic (exact) mass is 789 g/mol. The van der Waals surface area contributed by atoms with Gasteiger partial charge in [0, 0.05) is 11.1 Å². The summed E-state index contributed by atoms with van der Waals surface area (Å²) in [5.41, 5.74) is 0.978. The van der Waals surface area contributed by atoms with E-state index in [2.05, 4.69) is 20.4 Å². The van der Waals surface area contributed by atoms with Crippen molar-refractivity contribution in [1.29, 1.82) is 0 Å². The number of hydrogen-bond acceptors (Lipinski definition) is 3. The van der Waals surface area contributed by atoms with Gasteiger partial charge in [-0.3, -0.25) is 0 Å². The van der Waals surface area contributed by atoms with Gasteiger partial charge in [0.15, 0.2) is 0 Å². The molecule has 0 aromatic carbocycles.